The fraction of sp³-hybridized carbons (Fsp3) is 1.00. The summed E-state index contributed by atoms with van der Waals surface area (Å²) in [6.07, 6.45) is 0. The zero-order valence-corrected chi connectivity index (χ0v) is 7.66. The fourth-order valence-electron chi connectivity index (χ4n) is 0.354. The first-order chi connectivity index (χ1) is 2.41. The summed E-state index contributed by atoms with van der Waals surface area (Å²) in [5, 5.41) is 0. The molecule has 6 heavy (non-hydrogen) atoms. The van der Waals surface area contributed by atoms with Crippen molar-refractivity contribution >= 4 is 37.3 Å². The first kappa shape index (κ1) is 10.3. The van der Waals surface area contributed by atoms with Crippen LogP contribution in [0, 0.1) is 0 Å². The van der Waals surface area contributed by atoms with Gasteiger partial charge in [-0.2, -0.15) is 0 Å². The third-order valence-electron chi connectivity index (χ3n) is 0.707. The Morgan fingerprint density at radius 2 is 1.50 bits per heavy atom. The molecule has 0 fully saturated rings. The quantitative estimate of drug-likeness (QED) is 0.547. The van der Waals surface area contributed by atoms with E-state index in [9.17, 15) is 0 Å². The average Bonchev–Trinajstić information content (AvgIpc) is 1.41. The maximum Gasteiger partial charge on any atom is 0.363 e. The standard InChI is InChI=1S/2C2H5.BrH.Mg/c2*1-2;;/h2*1H2,2H3;1H;. The molecule has 0 spiro atoms. The molecule has 2 heteroatoms. The summed E-state index contributed by atoms with van der Waals surface area (Å²) in [5.74, 6) is 0. The smallest absolute Gasteiger partial charge is 0.149 e. The van der Waals surface area contributed by atoms with Gasteiger partial charge in [0.05, 0.1) is 0 Å². The second-order valence-electron chi connectivity index (χ2n) is 1.35. The van der Waals surface area contributed by atoms with E-state index in [1.54, 1.807) is 0 Å². The molecule has 0 aliphatic heterocycles. The molecule has 0 amide bonds. The molecule has 0 rings (SSSR count). The SMILES string of the molecule is Br.C[CH2][Mg][CH2]C. The van der Waals surface area contributed by atoms with E-state index in [4.69, 9.17) is 0 Å². The Kier molecular flexibility index (Phi) is 16.3. The Hall–Kier alpha value is 1.25. The summed E-state index contributed by atoms with van der Waals surface area (Å²) in [7, 11) is 0. The second kappa shape index (κ2) is 9.53. The van der Waals surface area contributed by atoms with Gasteiger partial charge in [0.2, 0.25) is 0 Å². The minimum Gasteiger partial charge on any atom is -0.149 e. The van der Waals surface area contributed by atoms with E-state index in [0.717, 1.165) is 0 Å². The van der Waals surface area contributed by atoms with Gasteiger partial charge < -0.3 is 0 Å². The van der Waals surface area contributed by atoms with Crippen LogP contribution in [0.5, 0.6) is 0 Å². The van der Waals surface area contributed by atoms with Crippen molar-refractivity contribution in [1.82, 2.24) is 0 Å². The molecule has 0 aliphatic carbocycles. The van der Waals surface area contributed by atoms with E-state index in [1.165, 1.54) is 9.10 Å². The average molecular weight is 163 g/mol. The maximum absolute atomic E-state index is 2.27. The molecule has 36 valence electrons. The van der Waals surface area contributed by atoms with Crippen molar-refractivity contribution in [2.45, 2.75) is 22.9 Å². The predicted molar refractivity (Wildman–Crippen MR) is 37.0 cm³/mol. The first-order valence-electron chi connectivity index (χ1n) is 2.41. The Bertz CT molecular complexity index is 15.0. The lowest BCUT2D eigenvalue weighted by Crippen LogP contribution is -1.76. The molecule has 0 aromatic carbocycles. The monoisotopic (exact) mass is 162 g/mol. The summed E-state index contributed by atoms with van der Waals surface area (Å²) in [6.45, 7) is 4.55. The molecule has 0 radical (unpaired) electrons. The Morgan fingerprint density at radius 1 is 1.17 bits per heavy atom. The molecular formula is C4H11BrMg. The lowest BCUT2D eigenvalue weighted by molar-refractivity contribution is 1.36. The zero-order chi connectivity index (χ0) is 4.12. The van der Waals surface area contributed by atoms with Crippen LogP contribution >= 0.6 is 17.0 Å². The fourth-order valence-corrected chi connectivity index (χ4v) is 1.06. The highest BCUT2D eigenvalue weighted by Crippen LogP contribution is 1.77. The molecule has 0 unspecified atom stereocenters. The lowest BCUT2D eigenvalue weighted by Gasteiger charge is -1.72. The summed E-state index contributed by atoms with van der Waals surface area (Å²) in [6, 6.07) is 0. The Labute approximate surface area is 60.2 Å². The topological polar surface area (TPSA) is 0 Å². The van der Waals surface area contributed by atoms with Gasteiger partial charge in [0, 0.05) is 0 Å². The highest BCUT2D eigenvalue weighted by Gasteiger charge is 1.79. The van der Waals surface area contributed by atoms with Gasteiger partial charge in [-0.3, -0.25) is 0 Å². The maximum atomic E-state index is 2.27. The summed E-state index contributed by atoms with van der Waals surface area (Å²) >= 11 is 0.432. The van der Waals surface area contributed by atoms with Gasteiger partial charge in [-0.15, -0.1) is 26.1 Å². The Morgan fingerprint density at radius 3 is 1.50 bits per heavy atom. The molecule has 0 aromatic heterocycles. The van der Waals surface area contributed by atoms with Crippen LogP contribution in [-0.4, -0.2) is 20.4 Å². The molecule has 0 aliphatic rings. The second-order valence-corrected chi connectivity index (χ2v) is 4.06. The highest BCUT2D eigenvalue weighted by atomic mass is 79.9. The predicted octanol–water partition coefficient (Wildman–Crippen LogP) is 2.14. The lowest BCUT2D eigenvalue weighted by atomic mass is 10.9. The minimum absolute atomic E-state index is 0. The van der Waals surface area contributed by atoms with E-state index >= 15 is 0 Å². The van der Waals surface area contributed by atoms with Crippen LogP contribution in [0.2, 0.25) is 9.10 Å². The van der Waals surface area contributed by atoms with E-state index in [2.05, 4.69) is 13.8 Å². The van der Waals surface area contributed by atoms with Crippen LogP contribution in [0.4, 0.5) is 0 Å². The van der Waals surface area contributed by atoms with Crippen molar-refractivity contribution in [3.63, 3.8) is 0 Å². The van der Waals surface area contributed by atoms with Crippen LogP contribution in [0.25, 0.3) is 0 Å². The third-order valence-corrected chi connectivity index (χ3v) is 2.12. The van der Waals surface area contributed by atoms with Gasteiger partial charge in [0.25, 0.3) is 0 Å². The number of hydrogen-bond donors (Lipinski definition) is 0. The third kappa shape index (κ3) is 8.98. The zero-order valence-electron chi connectivity index (χ0n) is 4.53. The van der Waals surface area contributed by atoms with Gasteiger partial charge in [0.15, 0.2) is 0 Å². The van der Waals surface area contributed by atoms with Crippen molar-refractivity contribution in [2.24, 2.45) is 0 Å². The van der Waals surface area contributed by atoms with Gasteiger partial charge in [-0.25, -0.2) is 0 Å². The van der Waals surface area contributed by atoms with Crippen molar-refractivity contribution in [3.05, 3.63) is 0 Å². The largest absolute Gasteiger partial charge is 0.363 e. The van der Waals surface area contributed by atoms with Crippen molar-refractivity contribution in [1.29, 1.82) is 0 Å². The molecule has 0 bridgehead atoms. The van der Waals surface area contributed by atoms with Crippen LogP contribution in [0.3, 0.4) is 0 Å². The molecule has 0 aromatic rings. The van der Waals surface area contributed by atoms with E-state index in [1.807, 2.05) is 0 Å². The number of hydrogen-bond acceptors (Lipinski definition) is 0. The first-order valence-corrected chi connectivity index (χ1v) is 4.41. The summed E-state index contributed by atoms with van der Waals surface area (Å²) < 4.78 is 2.97. The summed E-state index contributed by atoms with van der Waals surface area (Å²) in [4.78, 5) is 0. The summed E-state index contributed by atoms with van der Waals surface area (Å²) in [5.41, 5.74) is 0. The van der Waals surface area contributed by atoms with Gasteiger partial charge >= 0.3 is 20.4 Å². The van der Waals surface area contributed by atoms with E-state index in [0.29, 0.717) is 20.4 Å². The normalized spacial score (nSPS) is 5.67. The Balaban J connectivity index is 0. The van der Waals surface area contributed by atoms with Crippen LogP contribution < -0.4 is 0 Å². The van der Waals surface area contributed by atoms with Gasteiger partial charge in [-0.05, 0) is 0 Å². The minimum atomic E-state index is 0. The molecule has 0 saturated heterocycles. The van der Waals surface area contributed by atoms with Crippen LogP contribution in [0.1, 0.15) is 13.8 Å². The molecule has 0 N–H and O–H groups in total. The van der Waals surface area contributed by atoms with Crippen LogP contribution in [-0.2, 0) is 0 Å². The van der Waals surface area contributed by atoms with Crippen molar-refractivity contribution in [3.8, 4) is 0 Å². The van der Waals surface area contributed by atoms with E-state index in [-0.39, 0.29) is 17.0 Å². The molecule has 0 nitrogen and oxygen atoms in total. The molecule has 0 heterocycles. The molecule has 0 saturated carbocycles. The van der Waals surface area contributed by atoms with Gasteiger partial charge in [0.1, 0.15) is 0 Å². The number of rotatable bonds is 2. The number of halogens is 1. The molecular weight excluding hydrogens is 152 g/mol. The van der Waals surface area contributed by atoms with Crippen LogP contribution in [0.15, 0.2) is 0 Å². The van der Waals surface area contributed by atoms with Gasteiger partial charge in [-0.1, -0.05) is 13.8 Å². The van der Waals surface area contributed by atoms with E-state index < -0.39 is 0 Å². The van der Waals surface area contributed by atoms with Crippen molar-refractivity contribution in [2.75, 3.05) is 0 Å². The van der Waals surface area contributed by atoms with Crippen molar-refractivity contribution < 1.29 is 0 Å². The highest BCUT2D eigenvalue weighted by molar-refractivity contribution is 8.93. The molecule has 0 atom stereocenters.